The van der Waals surface area contributed by atoms with Crippen molar-refractivity contribution in [3.05, 3.63) is 92.0 Å². The maximum atomic E-state index is 13.7. The van der Waals surface area contributed by atoms with Gasteiger partial charge in [-0.3, -0.25) is 14.9 Å². The van der Waals surface area contributed by atoms with Crippen molar-refractivity contribution in [3.8, 4) is 17.2 Å². The van der Waals surface area contributed by atoms with Gasteiger partial charge in [-0.15, -0.1) is 0 Å². The number of rotatable bonds is 9. The molecule has 11 heteroatoms. The van der Waals surface area contributed by atoms with E-state index in [1.54, 1.807) is 49.3 Å². The van der Waals surface area contributed by atoms with Crippen LogP contribution in [0.2, 0.25) is 5.02 Å². The summed E-state index contributed by atoms with van der Waals surface area (Å²) in [5.74, 6) is 0.637. The van der Waals surface area contributed by atoms with Crippen molar-refractivity contribution >= 4 is 29.2 Å². The fourth-order valence-electron chi connectivity index (χ4n) is 4.47. The van der Waals surface area contributed by atoms with Crippen LogP contribution in [-0.2, 0) is 11.2 Å². The van der Waals surface area contributed by atoms with Gasteiger partial charge in [0.25, 0.3) is 11.6 Å². The highest BCUT2D eigenvalue weighted by molar-refractivity contribution is 6.34. The Morgan fingerprint density at radius 2 is 1.74 bits per heavy atom. The van der Waals surface area contributed by atoms with Gasteiger partial charge in [0.15, 0.2) is 11.5 Å². The highest BCUT2D eigenvalue weighted by atomic mass is 35.5. The van der Waals surface area contributed by atoms with Crippen molar-refractivity contribution in [2.24, 2.45) is 0 Å². The van der Waals surface area contributed by atoms with Crippen molar-refractivity contribution in [3.63, 3.8) is 0 Å². The van der Waals surface area contributed by atoms with Gasteiger partial charge in [0, 0.05) is 18.7 Å². The summed E-state index contributed by atoms with van der Waals surface area (Å²) in [6.07, 6.45) is 0.513. The monoisotopic (exact) mass is 554 g/mol. The molecule has 0 saturated heterocycles. The Morgan fingerprint density at radius 3 is 2.38 bits per heavy atom. The number of halogens is 1. The van der Waals surface area contributed by atoms with Crippen LogP contribution in [0.5, 0.6) is 17.2 Å². The van der Waals surface area contributed by atoms with Gasteiger partial charge in [-0.1, -0.05) is 11.6 Å². The minimum atomic E-state index is -0.582. The standard InChI is InChI=1S/C28H27ClN2O8/c1-4-38-28(33)17-5-8-20(9-6-17)39-16-24-21-15-26(37-3)25(36-2)13-18(21)11-12-30(24)27(32)22-14-19(31(34)35)7-10-23(22)29/h5-10,13-15,24H,4,11-12,16H2,1-3H3. The number of methoxy groups -OCH3 is 2. The summed E-state index contributed by atoms with van der Waals surface area (Å²) in [6, 6.07) is 13.4. The molecule has 0 aromatic heterocycles. The Bertz CT molecular complexity index is 1390. The molecular formula is C28H27ClN2O8. The Labute approximate surface area is 230 Å². The molecule has 1 aliphatic rings. The topological polar surface area (TPSA) is 117 Å². The molecule has 0 radical (unpaired) electrons. The maximum Gasteiger partial charge on any atom is 0.338 e. The van der Waals surface area contributed by atoms with Crippen molar-refractivity contribution in [2.45, 2.75) is 19.4 Å². The maximum absolute atomic E-state index is 13.7. The van der Waals surface area contributed by atoms with Gasteiger partial charge in [-0.2, -0.15) is 0 Å². The Kier molecular flexibility index (Phi) is 8.55. The van der Waals surface area contributed by atoms with Crippen molar-refractivity contribution in [1.82, 2.24) is 4.90 Å². The lowest BCUT2D eigenvalue weighted by Gasteiger charge is -2.37. The average molecular weight is 555 g/mol. The first kappa shape index (κ1) is 27.7. The number of hydrogen-bond acceptors (Lipinski definition) is 8. The smallest absolute Gasteiger partial charge is 0.338 e. The number of ether oxygens (including phenoxy) is 4. The van der Waals surface area contributed by atoms with Crippen molar-refractivity contribution in [2.75, 3.05) is 34.0 Å². The van der Waals surface area contributed by atoms with Crippen LogP contribution in [0.1, 0.15) is 44.8 Å². The fraction of sp³-hybridized carbons (Fsp3) is 0.286. The van der Waals surface area contributed by atoms with E-state index >= 15 is 0 Å². The second-order valence-corrected chi connectivity index (χ2v) is 9.05. The molecule has 204 valence electrons. The first-order chi connectivity index (χ1) is 18.8. The Balaban J connectivity index is 1.69. The molecule has 1 heterocycles. The van der Waals surface area contributed by atoms with Gasteiger partial charge in [0.05, 0.1) is 47.9 Å². The van der Waals surface area contributed by atoms with E-state index in [1.165, 1.54) is 25.3 Å². The third-order valence-corrected chi connectivity index (χ3v) is 6.76. The lowest BCUT2D eigenvalue weighted by atomic mass is 9.91. The number of nitro benzene ring substituents is 1. The molecule has 10 nitrogen and oxygen atoms in total. The van der Waals surface area contributed by atoms with E-state index in [-0.39, 0.29) is 29.5 Å². The quantitative estimate of drug-likeness (QED) is 0.200. The largest absolute Gasteiger partial charge is 0.493 e. The van der Waals surface area contributed by atoms with E-state index in [0.29, 0.717) is 35.8 Å². The summed E-state index contributed by atoms with van der Waals surface area (Å²) in [7, 11) is 3.07. The molecular weight excluding hydrogens is 528 g/mol. The van der Waals surface area contributed by atoms with Crippen LogP contribution in [0.4, 0.5) is 5.69 Å². The van der Waals surface area contributed by atoms with Crippen LogP contribution < -0.4 is 14.2 Å². The predicted octanol–water partition coefficient (Wildman–Crippen LogP) is 5.26. The zero-order chi connectivity index (χ0) is 28.1. The zero-order valence-electron chi connectivity index (χ0n) is 21.6. The molecule has 3 aromatic rings. The Hall–Kier alpha value is -4.31. The van der Waals surface area contributed by atoms with Crippen LogP contribution in [0, 0.1) is 10.1 Å². The summed E-state index contributed by atoms with van der Waals surface area (Å²) >= 11 is 6.31. The van der Waals surface area contributed by atoms with Gasteiger partial charge >= 0.3 is 5.97 Å². The average Bonchev–Trinajstić information content (AvgIpc) is 2.95. The molecule has 1 unspecified atom stereocenters. The molecule has 0 fully saturated rings. The molecule has 1 aliphatic heterocycles. The van der Waals surface area contributed by atoms with Crippen LogP contribution in [-0.4, -0.2) is 55.7 Å². The van der Waals surface area contributed by atoms with Gasteiger partial charge in [-0.25, -0.2) is 4.79 Å². The molecule has 3 aromatic carbocycles. The van der Waals surface area contributed by atoms with E-state index in [2.05, 4.69) is 0 Å². The first-order valence-electron chi connectivity index (χ1n) is 12.2. The fourth-order valence-corrected chi connectivity index (χ4v) is 4.67. The Morgan fingerprint density at radius 1 is 1.05 bits per heavy atom. The number of carbonyl (C=O) groups is 2. The van der Waals surface area contributed by atoms with Crippen LogP contribution >= 0.6 is 11.6 Å². The number of hydrogen-bond donors (Lipinski definition) is 0. The molecule has 0 aliphatic carbocycles. The normalized spacial score (nSPS) is 14.3. The highest BCUT2D eigenvalue weighted by Crippen LogP contribution is 2.39. The number of amides is 1. The van der Waals surface area contributed by atoms with E-state index in [0.717, 1.165) is 11.1 Å². The van der Waals surface area contributed by atoms with Gasteiger partial charge < -0.3 is 23.8 Å². The van der Waals surface area contributed by atoms with E-state index in [4.69, 9.17) is 30.5 Å². The summed E-state index contributed by atoms with van der Waals surface area (Å²) < 4.78 is 22.1. The summed E-state index contributed by atoms with van der Waals surface area (Å²) in [4.78, 5) is 38.1. The number of non-ortho nitro benzene ring substituents is 1. The first-order valence-corrected chi connectivity index (χ1v) is 12.5. The van der Waals surface area contributed by atoms with E-state index in [9.17, 15) is 19.7 Å². The molecule has 4 rings (SSSR count). The number of carbonyl (C=O) groups excluding carboxylic acids is 2. The number of nitrogens with zero attached hydrogens (tertiary/aromatic N) is 2. The second-order valence-electron chi connectivity index (χ2n) is 8.65. The van der Waals surface area contributed by atoms with Gasteiger partial charge in [-0.05, 0) is 66.9 Å². The summed E-state index contributed by atoms with van der Waals surface area (Å²) in [6.45, 7) is 2.37. The SMILES string of the molecule is CCOC(=O)c1ccc(OCC2c3cc(OC)c(OC)cc3CCN2C(=O)c2cc([N+](=O)[O-])ccc2Cl)cc1. The number of fused-ring (bicyclic) bond motifs is 1. The number of benzene rings is 3. The van der Waals surface area contributed by atoms with Crippen molar-refractivity contribution in [1.29, 1.82) is 0 Å². The second kappa shape index (κ2) is 12.0. The molecule has 0 N–H and O–H groups in total. The van der Waals surface area contributed by atoms with Gasteiger partial charge in [0.2, 0.25) is 0 Å². The lowest BCUT2D eigenvalue weighted by Crippen LogP contribution is -2.42. The minimum Gasteiger partial charge on any atom is -0.493 e. The molecule has 0 saturated carbocycles. The minimum absolute atomic E-state index is 0.0265. The lowest BCUT2D eigenvalue weighted by molar-refractivity contribution is -0.384. The number of esters is 1. The van der Waals surface area contributed by atoms with E-state index in [1.807, 2.05) is 6.07 Å². The third-order valence-electron chi connectivity index (χ3n) is 6.43. The van der Waals surface area contributed by atoms with Gasteiger partial charge in [0.1, 0.15) is 12.4 Å². The van der Waals surface area contributed by atoms with Crippen LogP contribution in [0.25, 0.3) is 0 Å². The molecule has 1 amide bonds. The number of nitro groups is 1. The highest BCUT2D eigenvalue weighted by Gasteiger charge is 2.34. The van der Waals surface area contributed by atoms with E-state index < -0.39 is 22.8 Å². The molecule has 0 bridgehead atoms. The molecule has 1 atom stereocenters. The molecule has 39 heavy (non-hydrogen) atoms. The molecule has 0 spiro atoms. The van der Waals surface area contributed by atoms with Crippen LogP contribution in [0.15, 0.2) is 54.6 Å². The zero-order valence-corrected chi connectivity index (χ0v) is 22.4. The van der Waals surface area contributed by atoms with Crippen molar-refractivity contribution < 1.29 is 33.5 Å². The predicted molar refractivity (Wildman–Crippen MR) is 143 cm³/mol. The summed E-state index contributed by atoms with van der Waals surface area (Å²) in [5.41, 5.74) is 1.92. The summed E-state index contributed by atoms with van der Waals surface area (Å²) in [5, 5.41) is 11.5. The van der Waals surface area contributed by atoms with Crippen LogP contribution in [0.3, 0.4) is 0 Å². The third kappa shape index (κ3) is 5.91.